The van der Waals surface area contributed by atoms with Crippen LogP contribution in [0.15, 0.2) is 18.2 Å². The van der Waals surface area contributed by atoms with Gasteiger partial charge in [-0.3, -0.25) is 0 Å². The first-order valence-corrected chi connectivity index (χ1v) is 7.69. The van der Waals surface area contributed by atoms with E-state index in [1.54, 1.807) is 0 Å². The lowest BCUT2D eigenvalue weighted by Gasteiger charge is -2.15. The summed E-state index contributed by atoms with van der Waals surface area (Å²) < 4.78 is 11.5. The van der Waals surface area contributed by atoms with Crippen LogP contribution in [0.1, 0.15) is 45.6 Å². The van der Waals surface area contributed by atoms with Crippen molar-refractivity contribution in [1.82, 2.24) is 0 Å². The van der Waals surface area contributed by atoms with Crippen molar-refractivity contribution < 1.29 is 9.47 Å². The van der Waals surface area contributed by atoms with E-state index < -0.39 is 0 Å². The van der Waals surface area contributed by atoms with Crippen molar-refractivity contribution in [3.05, 3.63) is 23.8 Å². The van der Waals surface area contributed by atoms with Crippen molar-refractivity contribution in [3.8, 4) is 11.5 Å². The molecule has 1 rings (SSSR count). The van der Waals surface area contributed by atoms with Gasteiger partial charge in [0.2, 0.25) is 0 Å². The molecule has 0 N–H and O–H groups in total. The zero-order valence-corrected chi connectivity index (χ0v) is 13.0. The van der Waals surface area contributed by atoms with Crippen LogP contribution in [0.5, 0.6) is 11.5 Å². The van der Waals surface area contributed by atoms with Crippen molar-refractivity contribution in [3.63, 3.8) is 0 Å². The smallest absolute Gasteiger partial charge is 0.127 e. The summed E-state index contributed by atoms with van der Waals surface area (Å²) in [7, 11) is 0. The molecule has 0 bridgehead atoms. The Hall–Kier alpha value is -0.890. The number of ether oxygens (including phenoxy) is 2. The normalized spacial score (nSPS) is 12.2. The Balaban J connectivity index is 2.66. The van der Waals surface area contributed by atoms with E-state index in [1.165, 1.54) is 12.8 Å². The maximum absolute atomic E-state index is 5.94. The predicted molar refractivity (Wildman–Crippen MR) is 81.4 cm³/mol. The molecular formula is C16H25ClO2. The monoisotopic (exact) mass is 284 g/mol. The first kappa shape index (κ1) is 16.2. The molecule has 1 aromatic rings. The molecule has 0 aromatic heterocycles. The first-order valence-electron chi connectivity index (χ1n) is 7.15. The number of benzene rings is 1. The minimum absolute atomic E-state index is 0.464. The highest BCUT2D eigenvalue weighted by atomic mass is 35.5. The number of hydrogen-bond acceptors (Lipinski definition) is 2. The fraction of sp³-hybridized carbons (Fsp3) is 0.625. The molecule has 0 heterocycles. The second-order valence-corrected chi connectivity index (χ2v) is 5.22. The van der Waals surface area contributed by atoms with Gasteiger partial charge >= 0.3 is 0 Å². The Morgan fingerprint density at radius 1 is 1.16 bits per heavy atom. The molecule has 0 fully saturated rings. The molecule has 2 nitrogen and oxygen atoms in total. The van der Waals surface area contributed by atoms with Crippen LogP contribution in [-0.2, 0) is 5.88 Å². The molecule has 0 radical (unpaired) electrons. The Morgan fingerprint density at radius 3 is 2.58 bits per heavy atom. The third-order valence-electron chi connectivity index (χ3n) is 2.96. The topological polar surface area (TPSA) is 18.5 Å². The van der Waals surface area contributed by atoms with E-state index in [0.29, 0.717) is 11.8 Å². The molecule has 0 aliphatic rings. The van der Waals surface area contributed by atoms with E-state index in [2.05, 4.69) is 20.8 Å². The van der Waals surface area contributed by atoms with E-state index in [0.717, 1.165) is 36.7 Å². The summed E-state index contributed by atoms with van der Waals surface area (Å²) in [6.07, 6.45) is 3.37. The van der Waals surface area contributed by atoms with Gasteiger partial charge in [-0.25, -0.2) is 0 Å². The van der Waals surface area contributed by atoms with Crippen LogP contribution >= 0.6 is 11.6 Å². The van der Waals surface area contributed by atoms with E-state index >= 15 is 0 Å². The molecule has 1 unspecified atom stereocenters. The van der Waals surface area contributed by atoms with Crippen LogP contribution in [0.3, 0.4) is 0 Å². The van der Waals surface area contributed by atoms with E-state index in [-0.39, 0.29) is 0 Å². The van der Waals surface area contributed by atoms with Gasteiger partial charge in [0.15, 0.2) is 0 Å². The molecule has 0 spiro atoms. The zero-order chi connectivity index (χ0) is 14.1. The van der Waals surface area contributed by atoms with Gasteiger partial charge in [0.25, 0.3) is 0 Å². The molecule has 3 heteroatoms. The van der Waals surface area contributed by atoms with Gasteiger partial charge in [-0.1, -0.05) is 33.3 Å². The summed E-state index contributed by atoms with van der Waals surface area (Å²) in [6.45, 7) is 7.96. The van der Waals surface area contributed by atoms with E-state index in [9.17, 15) is 0 Å². The highest BCUT2D eigenvalue weighted by molar-refractivity contribution is 6.17. The Labute approximate surface area is 122 Å². The third kappa shape index (κ3) is 5.73. The zero-order valence-electron chi connectivity index (χ0n) is 12.2. The number of halogens is 1. The predicted octanol–water partition coefficient (Wildman–Crippen LogP) is 5.03. The molecule has 108 valence electrons. The third-order valence-corrected chi connectivity index (χ3v) is 3.25. The summed E-state index contributed by atoms with van der Waals surface area (Å²) in [5.74, 6) is 2.74. The fourth-order valence-electron chi connectivity index (χ4n) is 1.90. The van der Waals surface area contributed by atoms with Crippen LogP contribution in [0.25, 0.3) is 0 Å². The second kappa shape index (κ2) is 9.08. The highest BCUT2D eigenvalue weighted by Gasteiger charge is 2.08. The minimum Gasteiger partial charge on any atom is -0.493 e. The van der Waals surface area contributed by atoms with Gasteiger partial charge in [0.05, 0.1) is 19.1 Å². The second-order valence-electron chi connectivity index (χ2n) is 4.96. The summed E-state index contributed by atoms with van der Waals surface area (Å²) in [5.41, 5.74) is 1.02. The largest absolute Gasteiger partial charge is 0.493 e. The quantitative estimate of drug-likeness (QED) is 0.592. The first-order chi connectivity index (χ1) is 9.21. The molecular weight excluding hydrogens is 260 g/mol. The van der Waals surface area contributed by atoms with Crippen LogP contribution in [0.2, 0.25) is 0 Å². The average Bonchev–Trinajstić information content (AvgIpc) is 2.43. The van der Waals surface area contributed by atoms with Gasteiger partial charge in [-0.2, -0.15) is 0 Å². The average molecular weight is 285 g/mol. The molecule has 1 atom stereocenters. The van der Waals surface area contributed by atoms with Gasteiger partial charge < -0.3 is 9.47 Å². The molecule has 0 saturated heterocycles. The summed E-state index contributed by atoms with van der Waals surface area (Å²) >= 11 is 5.94. The number of rotatable bonds is 9. The number of hydrogen-bond donors (Lipinski definition) is 0. The summed E-state index contributed by atoms with van der Waals surface area (Å²) in [5, 5.41) is 0. The maximum atomic E-state index is 5.94. The minimum atomic E-state index is 0.464. The van der Waals surface area contributed by atoms with Crippen molar-refractivity contribution in [1.29, 1.82) is 0 Å². The van der Waals surface area contributed by atoms with E-state index in [1.807, 2.05) is 18.2 Å². The van der Waals surface area contributed by atoms with Gasteiger partial charge in [0, 0.05) is 11.6 Å². The molecule has 0 aliphatic heterocycles. The lowest BCUT2D eigenvalue weighted by Crippen LogP contribution is -2.09. The molecule has 0 saturated carbocycles. The van der Waals surface area contributed by atoms with Crippen molar-refractivity contribution >= 4 is 11.6 Å². The van der Waals surface area contributed by atoms with Gasteiger partial charge in [-0.05, 0) is 24.8 Å². The fourth-order valence-corrected chi connectivity index (χ4v) is 2.12. The van der Waals surface area contributed by atoms with Crippen LogP contribution in [0.4, 0.5) is 0 Å². The Morgan fingerprint density at radius 2 is 1.95 bits per heavy atom. The lowest BCUT2D eigenvalue weighted by molar-refractivity contribution is 0.247. The van der Waals surface area contributed by atoms with Gasteiger partial charge in [0.1, 0.15) is 11.5 Å². The molecule has 1 aromatic carbocycles. The van der Waals surface area contributed by atoms with E-state index in [4.69, 9.17) is 21.1 Å². The Kier molecular flexibility index (Phi) is 7.73. The number of alkyl halides is 1. The van der Waals surface area contributed by atoms with Crippen molar-refractivity contribution in [2.75, 3.05) is 13.2 Å². The highest BCUT2D eigenvalue weighted by Crippen LogP contribution is 2.27. The SMILES string of the molecule is CCCOc1ccc(CCl)c(OCC(C)CCC)c1. The van der Waals surface area contributed by atoms with Gasteiger partial charge in [-0.15, -0.1) is 11.6 Å². The van der Waals surface area contributed by atoms with Crippen molar-refractivity contribution in [2.24, 2.45) is 5.92 Å². The van der Waals surface area contributed by atoms with Crippen LogP contribution < -0.4 is 9.47 Å². The standard InChI is InChI=1S/C16H25ClO2/c1-4-6-13(3)12-19-16-10-15(18-9-5-2)8-7-14(16)11-17/h7-8,10,13H,4-6,9,11-12H2,1-3H3. The summed E-state index contributed by atoms with van der Waals surface area (Å²) in [4.78, 5) is 0. The molecule has 19 heavy (non-hydrogen) atoms. The molecule has 0 aliphatic carbocycles. The van der Waals surface area contributed by atoms with Crippen LogP contribution in [-0.4, -0.2) is 13.2 Å². The van der Waals surface area contributed by atoms with Crippen molar-refractivity contribution in [2.45, 2.75) is 45.9 Å². The Bertz CT molecular complexity index is 366. The maximum Gasteiger partial charge on any atom is 0.127 e. The lowest BCUT2D eigenvalue weighted by atomic mass is 10.1. The van der Waals surface area contributed by atoms with Crippen LogP contribution in [0, 0.1) is 5.92 Å². The summed E-state index contributed by atoms with van der Waals surface area (Å²) in [6, 6.07) is 5.89. The molecule has 0 amide bonds.